The average Bonchev–Trinajstić information content (AvgIpc) is 3.18. The van der Waals surface area contributed by atoms with Gasteiger partial charge in [0.2, 0.25) is 0 Å². The lowest BCUT2D eigenvalue weighted by Gasteiger charge is -2.57. The van der Waals surface area contributed by atoms with Crippen molar-refractivity contribution in [2.75, 3.05) is 7.11 Å². The molecule has 5 aliphatic rings. The highest BCUT2D eigenvalue weighted by atomic mass is 16.5. The van der Waals surface area contributed by atoms with E-state index in [0.29, 0.717) is 17.8 Å². The van der Waals surface area contributed by atoms with Crippen LogP contribution in [0, 0.1) is 64.6 Å². The first kappa shape index (κ1) is 21.4. The molecule has 0 amide bonds. The van der Waals surface area contributed by atoms with E-state index < -0.39 is 0 Å². The van der Waals surface area contributed by atoms with Gasteiger partial charge in [-0.2, -0.15) is 4.68 Å². The maximum atomic E-state index is 14.2. The van der Waals surface area contributed by atoms with Gasteiger partial charge in [-0.05, 0) is 109 Å². The van der Waals surface area contributed by atoms with Gasteiger partial charge >= 0.3 is 0 Å². The second kappa shape index (κ2) is 7.30. The first-order valence-electron chi connectivity index (χ1n) is 13.9. The number of fused-ring (bicyclic) bond motifs is 8. The monoisotopic (exact) mass is 461 g/mol. The zero-order valence-corrected chi connectivity index (χ0v) is 21.1. The Labute approximate surface area is 203 Å². The Hall–Kier alpha value is -1.91. The van der Waals surface area contributed by atoms with Gasteiger partial charge in [0.15, 0.2) is 0 Å². The highest BCUT2D eigenvalue weighted by molar-refractivity contribution is 5.92. The SMILES string of the molecule is COc1ccc2nnn(C(=O)[C@H]3[C@H]4[C@@H](C)[C@H]4C4[C@@H]5CC[C@@H]6C[C@@H](C)CC[C@@H]6[C@H]5CC[C@@]43C)c2c1. The number of rotatable bonds is 2. The molecule has 0 spiro atoms. The van der Waals surface area contributed by atoms with E-state index in [1.54, 1.807) is 11.8 Å². The molecular weight excluding hydrogens is 422 g/mol. The minimum absolute atomic E-state index is 0.0682. The zero-order valence-electron chi connectivity index (χ0n) is 21.1. The molecule has 5 saturated carbocycles. The highest BCUT2D eigenvalue weighted by Crippen LogP contribution is 2.77. The van der Waals surface area contributed by atoms with Gasteiger partial charge in [0.1, 0.15) is 16.8 Å². The van der Waals surface area contributed by atoms with Gasteiger partial charge in [0, 0.05) is 12.0 Å². The molecule has 1 heterocycles. The van der Waals surface area contributed by atoms with Crippen LogP contribution in [0.4, 0.5) is 0 Å². The van der Waals surface area contributed by atoms with Crippen molar-refractivity contribution in [3.63, 3.8) is 0 Å². The van der Waals surface area contributed by atoms with Crippen LogP contribution in [0.5, 0.6) is 5.75 Å². The van der Waals surface area contributed by atoms with Crippen LogP contribution in [-0.4, -0.2) is 28.0 Å². The summed E-state index contributed by atoms with van der Waals surface area (Å²) >= 11 is 0. The van der Waals surface area contributed by atoms with E-state index in [2.05, 4.69) is 31.1 Å². The van der Waals surface area contributed by atoms with E-state index in [1.165, 1.54) is 44.9 Å². The third-order valence-corrected chi connectivity index (χ3v) is 11.7. The molecular formula is C29H39N3O2. The molecule has 7 rings (SSSR count). The third kappa shape index (κ3) is 2.76. The summed E-state index contributed by atoms with van der Waals surface area (Å²) < 4.78 is 7.05. The number of nitrogens with zero attached hydrogens (tertiary/aromatic N) is 3. The second-order valence-electron chi connectivity index (χ2n) is 13.0. The number of carbonyl (C=O) groups excluding carboxylic acids is 1. The van der Waals surface area contributed by atoms with Crippen molar-refractivity contribution in [3.05, 3.63) is 18.2 Å². The minimum Gasteiger partial charge on any atom is -0.497 e. The number of aromatic nitrogens is 3. The fraction of sp³-hybridized carbons (Fsp3) is 0.759. The van der Waals surface area contributed by atoms with Crippen LogP contribution >= 0.6 is 0 Å². The van der Waals surface area contributed by atoms with E-state index in [-0.39, 0.29) is 17.2 Å². The van der Waals surface area contributed by atoms with Crippen molar-refractivity contribution >= 4 is 16.9 Å². The summed E-state index contributed by atoms with van der Waals surface area (Å²) in [6.07, 6.45) is 9.72. The van der Waals surface area contributed by atoms with Crippen LogP contribution in [-0.2, 0) is 0 Å². The number of carbonyl (C=O) groups is 1. The Kier molecular flexibility index (Phi) is 4.59. The van der Waals surface area contributed by atoms with Gasteiger partial charge in [0.25, 0.3) is 5.91 Å². The smallest absolute Gasteiger partial charge is 0.252 e. The lowest BCUT2D eigenvalue weighted by molar-refractivity contribution is -0.0793. The second-order valence-corrected chi connectivity index (χ2v) is 13.0. The molecule has 34 heavy (non-hydrogen) atoms. The maximum absolute atomic E-state index is 14.2. The number of methoxy groups -OCH3 is 1. The van der Waals surface area contributed by atoms with Gasteiger partial charge in [-0.15, -0.1) is 5.10 Å². The molecule has 0 bridgehead atoms. The summed E-state index contributed by atoms with van der Waals surface area (Å²) in [6.45, 7) is 7.35. The summed E-state index contributed by atoms with van der Waals surface area (Å²) in [4.78, 5) is 14.2. The highest BCUT2D eigenvalue weighted by Gasteiger charge is 2.74. The van der Waals surface area contributed by atoms with Crippen LogP contribution < -0.4 is 4.74 Å². The summed E-state index contributed by atoms with van der Waals surface area (Å²) in [7, 11) is 1.66. The molecule has 2 aromatic rings. The van der Waals surface area contributed by atoms with E-state index in [9.17, 15) is 4.79 Å². The van der Waals surface area contributed by atoms with Gasteiger partial charge < -0.3 is 4.74 Å². The topological polar surface area (TPSA) is 57.0 Å². The Morgan fingerprint density at radius 3 is 2.71 bits per heavy atom. The molecule has 1 unspecified atom stereocenters. The Morgan fingerprint density at radius 1 is 1.06 bits per heavy atom. The van der Waals surface area contributed by atoms with E-state index in [1.807, 2.05) is 18.2 Å². The molecule has 5 fully saturated rings. The van der Waals surface area contributed by atoms with E-state index in [0.717, 1.165) is 52.3 Å². The van der Waals surface area contributed by atoms with Crippen LogP contribution in [0.25, 0.3) is 11.0 Å². The predicted octanol–water partition coefficient (Wildman–Crippen LogP) is 6.09. The number of hydrogen-bond acceptors (Lipinski definition) is 4. The quantitative estimate of drug-likeness (QED) is 0.543. The first-order chi connectivity index (χ1) is 16.4. The Balaban J connectivity index is 1.23. The van der Waals surface area contributed by atoms with Gasteiger partial charge in [-0.3, -0.25) is 4.79 Å². The van der Waals surface area contributed by atoms with Crippen LogP contribution in [0.2, 0.25) is 0 Å². The standard InChI is InChI=1S/C29H39N3O2/c1-15-5-8-19-17(13-15)6-9-21-20(19)11-12-29(3)26(21)24-16(2)25(24)27(29)28(33)32-23-14-18(34-4)7-10-22(23)30-31-32/h7,10,14-17,19-21,24-27H,5-6,8-9,11-13H2,1-4H3/t15-,16-,17+,19-,20+,21+,24+,25-,26?,27+,29-/m0/s1. The summed E-state index contributed by atoms with van der Waals surface area (Å²) in [5.41, 5.74) is 1.65. The number of hydrogen-bond donors (Lipinski definition) is 0. The molecule has 5 heteroatoms. The Morgan fingerprint density at radius 2 is 1.88 bits per heavy atom. The average molecular weight is 462 g/mol. The van der Waals surface area contributed by atoms with Crippen molar-refractivity contribution in [2.45, 2.75) is 65.7 Å². The molecule has 1 aromatic carbocycles. The van der Waals surface area contributed by atoms with Gasteiger partial charge in [-0.25, -0.2) is 0 Å². The van der Waals surface area contributed by atoms with Crippen molar-refractivity contribution in [1.29, 1.82) is 0 Å². The van der Waals surface area contributed by atoms with Crippen molar-refractivity contribution in [2.24, 2.45) is 64.6 Å². The summed E-state index contributed by atoms with van der Waals surface area (Å²) in [5, 5.41) is 8.69. The third-order valence-electron chi connectivity index (χ3n) is 11.7. The van der Waals surface area contributed by atoms with E-state index >= 15 is 0 Å². The summed E-state index contributed by atoms with van der Waals surface area (Å²) in [6, 6.07) is 5.71. The lowest BCUT2D eigenvalue weighted by atomic mass is 9.48. The molecule has 1 aromatic heterocycles. The molecule has 0 aliphatic heterocycles. The van der Waals surface area contributed by atoms with Crippen LogP contribution in [0.15, 0.2) is 18.2 Å². The lowest BCUT2D eigenvalue weighted by Crippen LogP contribution is -2.51. The fourth-order valence-electron chi connectivity index (χ4n) is 10.3. The number of benzene rings is 1. The predicted molar refractivity (Wildman–Crippen MR) is 131 cm³/mol. The fourth-order valence-corrected chi connectivity index (χ4v) is 10.3. The maximum Gasteiger partial charge on any atom is 0.252 e. The molecule has 0 N–H and O–H groups in total. The molecule has 0 saturated heterocycles. The van der Waals surface area contributed by atoms with Gasteiger partial charge in [0.05, 0.1) is 7.11 Å². The molecule has 11 atom stereocenters. The summed E-state index contributed by atoms with van der Waals surface area (Å²) in [5.74, 6) is 8.21. The van der Waals surface area contributed by atoms with Crippen LogP contribution in [0.1, 0.15) is 70.5 Å². The molecule has 5 nitrogen and oxygen atoms in total. The molecule has 182 valence electrons. The minimum atomic E-state index is 0.0682. The van der Waals surface area contributed by atoms with Crippen LogP contribution in [0.3, 0.4) is 0 Å². The first-order valence-corrected chi connectivity index (χ1v) is 13.9. The molecule has 0 radical (unpaired) electrons. The van der Waals surface area contributed by atoms with E-state index in [4.69, 9.17) is 4.74 Å². The van der Waals surface area contributed by atoms with Crippen molar-refractivity contribution in [3.8, 4) is 5.75 Å². The molecule has 5 aliphatic carbocycles. The van der Waals surface area contributed by atoms with Crippen molar-refractivity contribution < 1.29 is 9.53 Å². The normalized spacial score (nSPS) is 46.8. The largest absolute Gasteiger partial charge is 0.497 e. The van der Waals surface area contributed by atoms with Crippen molar-refractivity contribution in [1.82, 2.24) is 15.0 Å². The Bertz CT molecular complexity index is 1140. The zero-order chi connectivity index (χ0) is 23.4. The van der Waals surface area contributed by atoms with Gasteiger partial charge in [-0.1, -0.05) is 32.4 Å². The number of ether oxygens (including phenoxy) is 1.